The molecule has 0 N–H and O–H groups in total. The van der Waals surface area contributed by atoms with Crippen molar-refractivity contribution in [3.8, 4) is 0 Å². The summed E-state index contributed by atoms with van der Waals surface area (Å²) in [5.74, 6) is 0. The van der Waals surface area contributed by atoms with Gasteiger partial charge in [-0.25, -0.2) is 0 Å². The van der Waals surface area contributed by atoms with Crippen molar-refractivity contribution in [2.24, 2.45) is 0 Å². The van der Waals surface area contributed by atoms with Crippen LogP contribution >= 0.6 is 0 Å². The van der Waals surface area contributed by atoms with Gasteiger partial charge in [0, 0.05) is 0 Å². The van der Waals surface area contributed by atoms with Crippen molar-refractivity contribution in [1.82, 2.24) is 0 Å². The Hall–Kier alpha value is 0.893. The molecule has 0 rings (SSSR count). The molecule has 0 spiro atoms. The molecule has 0 heterocycles. The number of thiol groups is 1. The minimum absolute atomic E-state index is 0. The van der Waals surface area contributed by atoms with E-state index in [9.17, 15) is 0 Å². The van der Waals surface area contributed by atoms with Crippen molar-refractivity contribution in [2.75, 3.05) is 0 Å². The second-order valence-corrected chi connectivity index (χ2v) is 9.41. The molecule has 0 atom stereocenters. The zero-order valence-electron chi connectivity index (χ0n) is 6.07. The minimum Gasteiger partial charge on any atom is -0.813 e. The molecule has 51 valence electrons. The van der Waals surface area contributed by atoms with Crippen molar-refractivity contribution < 1.29 is 0 Å². The third-order valence-corrected chi connectivity index (χ3v) is 7.79. The van der Waals surface area contributed by atoms with Gasteiger partial charge in [-0.05, 0) is 0 Å². The Bertz CT molecular complexity index is 30.0. The molecule has 0 saturated heterocycles. The first kappa shape index (κ1) is 11.7. The molecule has 8 heavy (non-hydrogen) atoms. The van der Waals surface area contributed by atoms with Crippen molar-refractivity contribution in [3.05, 3.63) is 0 Å². The zero-order chi connectivity index (χ0) is 5.70. The zero-order valence-corrected chi connectivity index (χ0v) is 9.06. The summed E-state index contributed by atoms with van der Waals surface area (Å²) in [6, 6.07) is 0. The molecule has 1 radical (unpaired) electrons. The van der Waals surface area contributed by atoms with Crippen LogP contribution in [0.2, 0.25) is 15.8 Å². The fourth-order valence-electron chi connectivity index (χ4n) is 0.750. The fraction of sp³-hybridized carbons (Fsp3) is 1.00. The Morgan fingerprint density at radius 2 is 1.12 bits per heavy atom. The fourth-order valence-corrected chi connectivity index (χ4v) is 3.90. The maximum atomic E-state index is 2.34. The predicted octanol–water partition coefficient (Wildman–Crippen LogP) is 2.27. The third-order valence-electron chi connectivity index (χ3n) is 1.50. The molecule has 0 unspecified atom stereocenters. The van der Waals surface area contributed by atoms with E-state index in [0.717, 1.165) is 0 Å². The van der Waals surface area contributed by atoms with E-state index in [-0.39, 0.29) is 13.5 Å². The van der Waals surface area contributed by atoms with Crippen LogP contribution < -0.4 is 0 Å². The monoisotopic (exact) mass is 194 g/mol. The van der Waals surface area contributed by atoms with Crippen LogP contribution in [-0.2, 0) is 13.5 Å². The van der Waals surface area contributed by atoms with Gasteiger partial charge in [-0.2, -0.15) is 0 Å². The van der Waals surface area contributed by atoms with Gasteiger partial charge in [0.05, 0.1) is 0 Å². The van der Waals surface area contributed by atoms with Crippen LogP contribution in [0.15, 0.2) is 0 Å². The topological polar surface area (TPSA) is 0 Å². The molecule has 0 aliphatic carbocycles. The molecule has 0 nitrogen and oxygen atoms in total. The second kappa shape index (κ2) is 7.89. The molecule has 2 heteroatoms. The summed E-state index contributed by atoms with van der Waals surface area (Å²) >= 11 is -0.403. The second-order valence-electron chi connectivity index (χ2n) is 1.81. The largest absolute Gasteiger partial charge is 0.813 e. The molecule has 0 aliphatic rings. The Kier molecular flexibility index (Phi) is 11.5. The normalized spacial score (nSPS) is 9.00. The summed E-state index contributed by atoms with van der Waals surface area (Å²) < 4.78 is 0. The van der Waals surface area contributed by atoms with Gasteiger partial charge < -0.3 is 13.5 Å². The van der Waals surface area contributed by atoms with Crippen LogP contribution in [0.3, 0.4) is 0 Å². The van der Waals surface area contributed by atoms with E-state index in [1.807, 2.05) is 0 Å². The van der Waals surface area contributed by atoms with E-state index in [0.29, 0.717) is 0 Å². The van der Waals surface area contributed by atoms with Crippen LogP contribution in [0.25, 0.3) is 0 Å². The summed E-state index contributed by atoms with van der Waals surface area (Å²) in [7, 11) is 0. The molecule has 0 aliphatic heterocycles. The van der Waals surface area contributed by atoms with Gasteiger partial charge >= 0.3 is 50.9 Å². The van der Waals surface area contributed by atoms with E-state index in [1.54, 1.807) is 0 Å². The molecule has 0 fully saturated rings. The van der Waals surface area contributed by atoms with E-state index in [2.05, 4.69) is 20.8 Å². The van der Waals surface area contributed by atoms with Gasteiger partial charge in [-0.15, -0.1) is 0 Å². The van der Waals surface area contributed by atoms with Crippen molar-refractivity contribution >= 4 is 27.8 Å². The Balaban J connectivity index is 0. The molecular formula is C6H16GeS-. The first-order valence-electron chi connectivity index (χ1n) is 3.18. The summed E-state index contributed by atoms with van der Waals surface area (Å²) in [6.07, 6.45) is 0. The molecule has 0 amide bonds. The molecule has 0 aromatic carbocycles. The average Bonchev–Trinajstić information content (AvgIpc) is 1.72. The van der Waals surface area contributed by atoms with E-state index in [4.69, 9.17) is 0 Å². The summed E-state index contributed by atoms with van der Waals surface area (Å²) in [5, 5.41) is 4.56. The number of hydrogen-bond acceptors (Lipinski definition) is 1. The molecule has 0 saturated carbocycles. The van der Waals surface area contributed by atoms with E-state index in [1.165, 1.54) is 15.8 Å². The van der Waals surface area contributed by atoms with Gasteiger partial charge in [0.25, 0.3) is 0 Å². The van der Waals surface area contributed by atoms with Crippen LogP contribution in [-0.4, -0.2) is 14.3 Å². The van der Waals surface area contributed by atoms with Gasteiger partial charge in [0.1, 0.15) is 0 Å². The maximum absolute atomic E-state index is 2.34. The van der Waals surface area contributed by atoms with Gasteiger partial charge in [0.15, 0.2) is 0 Å². The first-order valence-corrected chi connectivity index (χ1v) is 7.63. The molecule has 0 aromatic heterocycles. The Labute approximate surface area is 64.6 Å². The standard InChI is InChI=1S/C6H15Ge.H2S/c1-4-7(5-2)6-3;/h4-6H2,1-3H3;1H2/p-1. The number of rotatable bonds is 3. The summed E-state index contributed by atoms with van der Waals surface area (Å²) in [5.41, 5.74) is 0. The van der Waals surface area contributed by atoms with Crippen molar-refractivity contribution in [2.45, 2.75) is 36.5 Å². The third kappa shape index (κ3) is 5.04. The smallest absolute Gasteiger partial charge is 0.813 e. The summed E-state index contributed by atoms with van der Waals surface area (Å²) in [4.78, 5) is 0. The van der Waals surface area contributed by atoms with Crippen molar-refractivity contribution in [3.63, 3.8) is 0 Å². The van der Waals surface area contributed by atoms with Gasteiger partial charge in [-0.1, -0.05) is 0 Å². The first-order chi connectivity index (χ1) is 3.35. The molecule has 0 aromatic rings. The average molecular weight is 193 g/mol. The minimum atomic E-state index is -0.403. The maximum Gasteiger partial charge on any atom is -0.813 e. The van der Waals surface area contributed by atoms with Crippen LogP contribution in [0.5, 0.6) is 0 Å². The predicted molar refractivity (Wildman–Crippen MR) is 46.0 cm³/mol. The van der Waals surface area contributed by atoms with Gasteiger partial charge in [0.2, 0.25) is 0 Å². The van der Waals surface area contributed by atoms with E-state index >= 15 is 0 Å². The quantitative estimate of drug-likeness (QED) is 0.376. The van der Waals surface area contributed by atoms with Crippen LogP contribution in [0.4, 0.5) is 0 Å². The molecule has 0 bridgehead atoms. The number of hydrogen-bond donors (Lipinski definition) is 0. The van der Waals surface area contributed by atoms with Gasteiger partial charge in [-0.3, -0.25) is 0 Å². The Morgan fingerprint density at radius 3 is 1.12 bits per heavy atom. The van der Waals surface area contributed by atoms with E-state index < -0.39 is 14.3 Å². The van der Waals surface area contributed by atoms with Crippen LogP contribution in [0.1, 0.15) is 20.8 Å². The van der Waals surface area contributed by atoms with Crippen LogP contribution in [0, 0.1) is 0 Å². The Morgan fingerprint density at radius 1 is 0.875 bits per heavy atom. The van der Waals surface area contributed by atoms with Crippen molar-refractivity contribution in [1.29, 1.82) is 0 Å². The molecular weight excluding hydrogens is 177 g/mol. The summed E-state index contributed by atoms with van der Waals surface area (Å²) in [6.45, 7) is 7.01. The SMILES string of the molecule is C[CH2][Ge]([CH2]C)[CH2]C.[SH-].